The van der Waals surface area contributed by atoms with Crippen LogP contribution in [0.25, 0.3) is 0 Å². The quantitative estimate of drug-likeness (QED) is 0.687. The van der Waals surface area contributed by atoms with Crippen LogP contribution in [0.4, 0.5) is 0 Å². The summed E-state index contributed by atoms with van der Waals surface area (Å²) in [6.07, 6.45) is 3.11. The van der Waals surface area contributed by atoms with Gasteiger partial charge in [0.15, 0.2) is 0 Å². The summed E-state index contributed by atoms with van der Waals surface area (Å²) in [5.41, 5.74) is 5.47. The summed E-state index contributed by atoms with van der Waals surface area (Å²) in [6, 6.07) is 0. The van der Waals surface area contributed by atoms with Gasteiger partial charge in [-0.2, -0.15) is 0 Å². The van der Waals surface area contributed by atoms with Crippen molar-refractivity contribution in [1.82, 2.24) is 0 Å². The van der Waals surface area contributed by atoms with Gasteiger partial charge in [-0.3, -0.25) is 0 Å². The van der Waals surface area contributed by atoms with E-state index in [0.29, 0.717) is 6.54 Å². The minimum atomic E-state index is -0.0677. The van der Waals surface area contributed by atoms with Gasteiger partial charge in [-0.05, 0) is 32.7 Å². The van der Waals surface area contributed by atoms with E-state index in [0.717, 1.165) is 39.1 Å². The second-order valence-corrected chi connectivity index (χ2v) is 3.31. The lowest BCUT2D eigenvalue weighted by atomic mass is 9.93. The first-order chi connectivity index (χ1) is 5.83. The Hall–Kier alpha value is -0.120. The lowest BCUT2D eigenvalue weighted by Gasteiger charge is -2.36. The maximum Gasteiger partial charge on any atom is 0.0927 e. The number of hydrogen-bond acceptors (Lipinski definition) is 3. The lowest BCUT2D eigenvalue weighted by Crippen LogP contribution is -2.43. The summed E-state index contributed by atoms with van der Waals surface area (Å²) in [7, 11) is 0. The standard InChI is InChI=1S/C9H19NO2/c1-2-12-9(5-6-10)4-3-7-11-8-9/h2-8,10H2,1H3. The predicted molar refractivity (Wildman–Crippen MR) is 48.1 cm³/mol. The summed E-state index contributed by atoms with van der Waals surface area (Å²) in [6.45, 7) is 5.05. The highest BCUT2D eigenvalue weighted by atomic mass is 16.5. The van der Waals surface area contributed by atoms with Crippen molar-refractivity contribution in [3.05, 3.63) is 0 Å². The van der Waals surface area contributed by atoms with Crippen molar-refractivity contribution >= 4 is 0 Å². The van der Waals surface area contributed by atoms with Crippen LogP contribution in [0.5, 0.6) is 0 Å². The molecule has 0 radical (unpaired) electrons. The monoisotopic (exact) mass is 173 g/mol. The van der Waals surface area contributed by atoms with E-state index in [4.69, 9.17) is 15.2 Å². The van der Waals surface area contributed by atoms with Gasteiger partial charge in [0.2, 0.25) is 0 Å². The molecule has 0 bridgehead atoms. The minimum Gasteiger partial charge on any atom is -0.378 e. The van der Waals surface area contributed by atoms with Gasteiger partial charge in [0.05, 0.1) is 12.2 Å². The molecule has 3 heteroatoms. The second kappa shape index (κ2) is 4.80. The molecule has 1 atom stereocenters. The third-order valence-corrected chi connectivity index (χ3v) is 2.34. The molecule has 2 N–H and O–H groups in total. The Morgan fingerprint density at radius 2 is 2.42 bits per heavy atom. The molecule has 1 saturated heterocycles. The van der Waals surface area contributed by atoms with Crippen LogP contribution in [-0.2, 0) is 9.47 Å². The topological polar surface area (TPSA) is 44.5 Å². The van der Waals surface area contributed by atoms with Crippen LogP contribution in [0, 0.1) is 0 Å². The van der Waals surface area contributed by atoms with Gasteiger partial charge < -0.3 is 15.2 Å². The molecule has 1 unspecified atom stereocenters. The molecule has 0 spiro atoms. The van der Waals surface area contributed by atoms with Crippen molar-refractivity contribution in [2.75, 3.05) is 26.4 Å². The molecule has 0 aromatic rings. The molecule has 3 nitrogen and oxygen atoms in total. The van der Waals surface area contributed by atoms with Crippen molar-refractivity contribution in [2.45, 2.75) is 31.8 Å². The molecule has 0 amide bonds. The molecule has 12 heavy (non-hydrogen) atoms. The van der Waals surface area contributed by atoms with Crippen LogP contribution in [0.1, 0.15) is 26.2 Å². The van der Waals surface area contributed by atoms with Gasteiger partial charge in [0.1, 0.15) is 0 Å². The summed E-state index contributed by atoms with van der Waals surface area (Å²) in [5, 5.41) is 0. The van der Waals surface area contributed by atoms with Crippen LogP contribution in [0.2, 0.25) is 0 Å². The Balaban J connectivity index is 2.44. The number of ether oxygens (including phenoxy) is 2. The Morgan fingerprint density at radius 3 is 2.92 bits per heavy atom. The zero-order valence-corrected chi connectivity index (χ0v) is 7.84. The van der Waals surface area contributed by atoms with Crippen molar-refractivity contribution in [1.29, 1.82) is 0 Å². The fourth-order valence-corrected chi connectivity index (χ4v) is 1.78. The van der Waals surface area contributed by atoms with Crippen molar-refractivity contribution < 1.29 is 9.47 Å². The molecule has 0 saturated carbocycles. The molecule has 0 aromatic heterocycles. The number of rotatable bonds is 4. The predicted octanol–water partition coefficient (Wildman–Crippen LogP) is 0.921. The molecule has 1 aliphatic rings. The molecule has 0 aliphatic carbocycles. The van der Waals surface area contributed by atoms with E-state index in [1.807, 2.05) is 6.92 Å². The third-order valence-electron chi connectivity index (χ3n) is 2.34. The molecule has 72 valence electrons. The van der Waals surface area contributed by atoms with Crippen LogP contribution in [0.15, 0.2) is 0 Å². The Kier molecular flexibility index (Phi) is 3.98. The summed E-state index contributed by atoms with van der Waals surface area (Å²) >= 11 is 0. The lowest BCUT2D eigenvalue weighted by molar-refractivity contribution is -0.128. The van der Waals surface area contributed by atoms with Crippen molar-refractivity contribution in [2.24, 2.45) is 5.73 Å². The molecule has 1 fully saturated rings. The molecule has 1 aliphatic heterocycles. The van der Waals surface area contributed by atoms with E-state index in [1.165, 1.54) is 0 Å². The van der Waals surface area contributed by atoms with Gasteiger partial charge in [0.25, 0.3) is 0 Å². The Morgan fingerprint density at radius 1 is 1.58 bits per heavy atom. The zero-order chi connectivity index (χ0) is 8.86. The molecule has 1 rings (SSSR count). The van der Waals surface area contributed by atoms with Gasteiger partial charge in [0, 0.05) is 13.2 Å². The highest BCUT2D eigenvalue weighted by Crippen LogP contribution is 2.26. The van der Waals surface area contributed by atoms with Crippen LogP contribution < -0.4 is 5.73 Å². The van der Waals surface area contributed by atoms with Crippen LogP contribution in [-0.4, -0.2) is 32.0 Å². The fourth-order valence-electron chi connectivity index (χ4n) is 1.78. The van der Waals surface area contributed by atoms with E-state index >= 15 is 0 Å². The molecular weight excluding hydrogens is 154 g/mol. The SMILES string of the molecule is CCOC1(CCN)CCCOC1. The normalized spacial score (nSPS) is 30.5. The van der Waals surface area contributed by atoms with Gasteiger partial charge in [-0.15, -0.1) is 0 Å². The van der Waals surface area contributed by atoms with Crippen molar-refractivity contribution in [3.63, 3.8) is 0 Å². The van der Waals surface area contributed by atoms with E-state index in [-0.39, 0.29) is 5.60 Å². The van der Waals surface area contributed by atoms with Crippen molar-refractivity contribution in [3.8, 4) is 0 Å². The van der Waals surface area contributed by atoms with Gasteiger partial charge >= 0.3 is 0 Å². The third kappa shape index (κ3) is 2.44. The maximum atomic E-state index is 5.71. The van der Waals surface area contributed by atoms with E-state index in [1.54, 1.807) is 0 Å². The van der Waals surface area contributed by atoms with Gasteiger partial charge in [-0.1, -0.05) is 0 Å². The second-order valence-electron chi connectivity index (χ2n) is 3.31. The average molecular weight is 173 g/mol. The highest BCUT2D eigenvalue weighted by Gasteiger charge is 2.32. The minimum absolute atomic E-state index is 0.0677. The van der Waals surface area contributed by atoms with E-state index in [9.17, 15) is 0 Å². The average Bonchev–Trinajstić information content (AvgIpc) is 2.07. The Bertz CT molecular complexity index is 106. The first-order valence-corrected chi connectivity index (χ1v) is 4.75. The largest absolute Gasteiger partial charge is 0.378 e. The molecule has 0 aromatic carbocycles. The number of nitrogens with two attached hydrogens (primary N) is 1. The maximum absolute atomic E-state index is 5.71. The smallest absolute Gasteiger partial charge is 0.0927 e. The van der Waals surface area contributed by atoms with E-state index in [2.05, 4.69) is 0 Å². The first-order valence-electron chi connectivity index (χ1n) is 4.75. The zero-order valence-electron chi connectivity index (χ0n) is 7.84. The molecular formula is C9H19NO2. The van der Waals surface area contributed by atoms with Crippen LogP contribution in [0.3, 0.4) is 0 Å². The van der Waals surface area contributed by atoms with Gasteiger partial charge in [-0.25, -0.2) is 0 Å². The highest BCUT2D eigenvalue weighted by molar-refractivity contribution is 4.83. The van der Waals surface area contributed by atoms with E-state index < -0.39 is 0 Å². The first kappa shape index (κ1) is 9.96. The van der Waals surface area contributed by atoms with Crippen LogP contribution >= 0.6 is 0 Å². The summed E-state index contributed by atoms with van der Waals surface area (Å²) in [4.78, 5) is 0. The number of hydrogen-bond donors (Lipinski definition) is 1. The summed E-state index contributed by atoms with van der Waals surface area (Å²) < 4.78 is 11.1. The summed E-state index contributed by atoms with van der Waals surface area (Å²) in [5.74, 6) is 0. The Labute approximate surface area is 74.2 Å². The molecule has 1 heterocycles. The fraction of sp³-hybridized carbons (Fsp3) is 1.00.